The second-order valence-electron chi connectivity index (χ2n) is 5.39. The van der Waals surface area contributed by atoms with Crippen LogP contribution in [0.3, 0.4) is 0 Å². The van der Waals surface area contributed by atoms with Crippen LogP contribution in [-0.2, 0) is 11.3 Å². The lowest BCUT2D eigenvalue weighted by Crippen LogP contribution is -2.38. The summed E-state index contributed by atoms with van der Waals surface area (Å²) in [6.07, 6.45) is 0.0392. The highest BCUT2D eigenvalue weighted by Gasteiger charge is 2.23. The summed E-state index contributed by atoms with van der Waals surface area (Å²) < 4.78 is 5.91. The first-order valence-electron chi connectivity index (χ1n) is 7.07. The predicted molar refractivity (Wildman–Crippen MR) is 84.6 cm³/mol. The summed E-state index contributed by atoms with van der Waals surface area (Å²) in [5.74, 6) is 0.965. The molecule has 0 unspecified atom stereocenters. The van der Waals surface area contributed by atoms with Crippen LogP contribution in [0.4, 0.5) is 5.82 Å². The average Bonchev–Trinajstić information content (AvgIpc) is 3.00. The van der Waals surface area contributed by atoms with Crippen molar-refractivity contribution in [3.8, 4) is 0 Å². The fourth-order valence-electron chi connectivity index (χ4n) is 2.44. The van der Waals surface area contributed by atoms with Crippen molar-refractivity contribution in [1.82, 2.24) is 14.9 Å². The molecular weight excluding hydrogens is 284 g/mol. The van der Waals surface area contributed by atoms with Crippen LogP contribution in [0.5, 0.6) is 0 Å². The maximum atomic E-state index is 5.91. The number of hydrogen-bond acceptors (Lipinski definition) is 6. The Hall–Kier alpha value is -1.50. The summed E-state index contributed by atoms with van der Waals surface area (Å²) in [5.41, 5.74) is 4.02. The largest absolute Gasteiger partial charge is 0.369 e. The van der Waals surface area contributed by atoms with Gasteiger partial charge in [-0.3, -0.25) is 4.90 Å². The van der Waals surface area contributed by atoms with Gasteiger partial charge in [0.05, 0.1) is 23.5 Å². The third kappa shape index (κ3) is 3.58. The van der Waals surface area contributed by atoms with Gasteiger partial charge in [0, 0.05) is 39.1 Å². The number of rotatable bonds is 4. The molecule has 1 aliphatic rings. The Morgan fingerprint density at radius 2 is 2.33 bits per heavy atom. The Bertz CT molecular complexity index is 573. The Kier molecular flexibility index (Phi) is 4.48. The van der Waals surface area contributed by atoms with E-state index in [0.29, 0.717) is 0 Å². The summed E-state index contributed by atoms with van der Waals surface area (Å²) in [5, 5.41) is 2.11. The second-order valence-corrected chi connectivity index (χ2v) is 6.11. The van der Waals surface area contributed by atoms with Crippen molar-refractivity contribution in [2.45, 2.75) is 12.6 Å². The number of pyridine rings is 1. The Morgan fingerprint density at radius 1 is 1.43 bits per heavy atom. The van der Waals surface area contributed by atoms with Crippen molar-refractivity contribution < 1.29 is 4.74 Å². The number of hydrogen-bond donors (Lipinski definition) is 0. The molecule has 0 radical (unpaired) electrons. The maximum Gasteiger partial charge on any atom is 0.128 e. The SMILES string of the molecule is CN(C)c1cccc([C@H]2CN(Cc3cscn3)CCO2)n1. The monoisotopic (exact) mass is 304 g/mol. The molecule has 0 saturated carbocycles. The maximum absolute atomic E-state index is 5.91. The van der Waals surface area contributed by atoms with Crippen LogP contribution < -0.4 is 4.90 Å². The van der Waals surface area contributed by atoms with E-state index in [1.165, 1.54) is 0 Å². The normalized spacial score (nSPS) is 19.6. The number of nitrogens with zero attached hydrogens (tertiary/aromatic N) is 4. The number of morpholine rings is 1. The zero-order valence-corrected chi connectivity index (χ0v) is 13.2. The van der Waals surface area contributed by atoms with Crippen molar-refractivity contribution in [3.05, 3.63) is 40.5 Å². The molecule has 2 aromatic heterocycles. The Balaban J connectivity index is 1.69. The first-order chi connectivity index (χ1) is 10.2. The zero-order valence-electron chi connectivity index (χ0n) is 12.4. The van der Waals surface area contributed by atoms with Crippen molar-refractivity contribution in [2.75, 3.05) is 38.7 Å². The van der Waals surface area contributed by atoms with E-state index in [1.807, 2.05) is 42.7 Å². The first-order valence-corrected chi connectivity index (χ1v) is 8.02. The lowest BCUT2D eigenvalue weighted by atomic mass is 10.2. The van der Waals surface area contributed by atoms with E-state index in [1.54, 1.807) is 11.3 Å². The van der Waals surface area contributed by atoms with Crippen LogP contribution >= 0.6 is 11.3 Å². The Morgan fingerprint density at radius 3 is 3.10 bits per heavy atom. The van der Waals surface area contributed by atoms with E-state index in [-0.39, 0.29) is 6.10 Å². The number of ether oxygens (including phenoxy) is 1. The predicted octanol–water partition coefficient (Wildman–Crippen LogP) is 2.18. The van der Waals surface area contributed by atoms with Crippen LogP contribution in [0.2, 0.25) is 0 Å². The fourth-order valence-corrected chi connectivity index (χ4v) is 2.99. The highest BCUT2D eigenvalue weighted by Crippen LogP contribution is 2.23. The van der Waals surface area contributed by atoms with Gasteiger partial charge in [-0.15, -0.1) is 11.3 Å². The fraction of sp³-hybridized carbons (Fsp3) is 0.467. The molecule has 1 fully saturated rings. The van der Waals surface area contributed by atoms with E-state index in [4.69, 9.17) is 4.74 Å². The van der Waals surface area contributed by atoms with Crippen molar-refractivity contribution in [2.24, 2.45) is 0 Å². The Labute approximate surface area is 129 Å². The first kappa shape index (κ1) is 14.4. The summed E-state index contributed by atoms with van der Waals surface area (Å²) in [7, 11) is 4.00. The van der Waals surface area contributed by atoms with Crippen LogP contribution in [-0.4, -0.2) is 48.7 Å². The van der Waals surface area contributed by atoms with E-state index in [0.717, 1.165) is 43.4 Å². The lowest BCUT2D eigenvalue weighted by molar-refractivity contribution is -0.0352. The molecule has 3 rings (SSSR count). The molecule has 0 N–H and O–H groups in total. The molecular formula is C15H20N4OS. The molecule has 21 heavy (non-hydrogen) atoms. The molecule has 0 bridgehead atoms. The van der Waals surface area contributed by atoms with Gasteiger partial charge in [-0.2, -0.15) is 0 Å². The van der Waals surface area contributed by atoms with Gasteiger partial charge in [0.1, 0.15) is 11.9 Å². The van der Waals surface area contributed by atoms with Gasteiger partial charge in [0.25, 0.3) is 0 Å². The van der Waals surface area contributed by atoms with Crippen LogP contribution in [0, 0.1) is 0 Å². The molecule has 2 aromatic rings. The molecule has 1 saturated heterocycles. The number of anilines is 1. The van der Waals surface area contributed by atoms with Gasteiger partial charge in [-0.25, -0.2) is 9.97 Å². The summed E-state index contributed by atoms with van der Waals surface area (Å²) in [6.45, 7) is 3.43. The van der Waals surface area contributed by atoms with Crippen LogP contribution in [0.15, 0.2) is 29.1 Å². The minimum atomic E-state index is 0.0392. The van der Waals surface area contributed by atoms with Crippen molar-refractivity contribution in [3.63, 3.8) is 0 Å². The third-order valence-electron chi connectivity index (χ3n) is 3.56. The van der Waals surface area contributed by atoms with Crippen LogP contribution in [0.25, 0.3) is 0 Å². The molecule has 1 aliphatic heterocycles. The van der Waals surface area contributed by atoms with E-state index >= 15 is 0 Å². The standard InChI is InChI=1S/C15H20N4OS/c1-18(2)15-5-3-4-13(17-15)14-9-19(6-7-20-14)8-12-10-21-11-16-12/h3-5,10-11,14H,6-9H2,1-2H3/t14-/m1/s1. The van der Waals surface area contributed by atoms with Gasteiger partial charge < -0.3 is 9.64 Å². The van der Waals surface area contributed by atoms with Gasteiger partial charge in [-0.1, -0.05) is 6.07 Å². The van der Waals surface area contributed by atoms with Crippen molar-refractivity contribution >= 4 is 17.2 Å². The third-order valence-corrected chi connectivity index (χ3v) is 4.20. The lowest BCUT2D eigenvalue weighted by Gasteiger charge is -2.32. The van der Waals surface area contributed by atoms with E-state index in [2.05, 4.69) is 20.2 Å². The second kappa shape index (κ2) is 6.51. The molecule has 0 aliphatic carbocycles. The van der Waals surface area contributed by atoms with Gasteiger partial charge >= 0.3 is 0 Å². The topological polar surface area (TPSA) is 41.5 Å². The minimum Gasteiger partial charge on any atom is -0.369 e. The quantitative estimate of drug-likeness (QED) is 0.866. The van der Waals surface area contributed by atoms with E-state index in [9.17, 15) is 0 Å². The van der Waals surface area contributed by atoms with Gasteiger partial charge in [0.15, 0.2) is 0 Å². The van der Waals surface area contributed by atoms with Crippen molar-refractivity contribution in [1.29, 1.82) is 0 Å². The summed E-state index contributed by atoms with van der Waals surface area (Å²) >= 11 is 1.64. The molecule has 1 atom stereocenters. The zero-order chi connectivity index (χ0) is 14.7. The average molecular weight is 304 g/mol. The summed E-state index contributed by atoms with van der Waals surface area (Å²) in [4.78, 5) is 13.4. The molecule has 0 spiro atoms. The van der Waals surface area contributed by atoms with Gasteiger partial charge in [-0.05, 0) is 12.1 Å². The van der Waals surface area contributed by atoms with E-state index < -0.39 is 0 Å². The van der Waals surface area contributed by atoms with Gasteiger partial charge in [0.2, 0.25) is 0 Å². The molecule has 3 heterocycles. The number of aromatic nitrogens is 2. The molecule has 112 valence electrons. The minimum absolute atomic E-state index is 0.0392. The molecule has 0 aromatic carbocycles. The molecule has 0 amide bonds. The highest BCUT2D eigenvalue weighted by molar-refractivity contribution is 7.07. The highest BCUT2D eigenvalue weighted by atomic mass is 32.1. The van der Waals surface area contributed by atoms with Crippen LogP contribution in [0.1, 0.15) is 17.5 Å². The molecule has 5 nitrogen and oxygen atoms in total. The summed E-state index contributed by atoms with van der Waals surface area (Å²) in [6, 6.07) is 6.10. The number of thiazole rings is 1. The molecule has 6 heteroatoms. The smallest absolute Gasteiger partial charge is 0.128 e.